The molecule has 0 heterocycles. The van der Waals surface area contributed by atoms with Crippen molar-refractivity contribution in [3.63, 3.8) is 0 Å². The van der Waals surface area contributed by atoms with E-state index in [1.807, 2.05) is 11.1 Å². The van der Waals surface area contributed by atoms with Crippen LogP contribution >= 0.6 is 0 Å². The second-order valence-electron chi connectivity index (χ2n) is 6.19. The van der Waals surface area contributed by atoms with E-state index in [1.165, 1.54) is 25.7 Å². The fraction of sp³-hybridized carbons (Fsp3) is 0.846. The molecule has 0 aromatic carbocycles. The summed E-state index contributed by atoms with van der Waals surface area (Å²) in [6.45, 7) is 9.57. The highest BCUT2D eigenvalue weighted by Gasteiger charge is 2.35. The van der Waals surface area contributed by atoms with Crippen LogP contribution in [0.3, 0.4) is 0 Å². The van der Waals surface area contributed by atoms with Gasteiger partial charge in [0.2, 0.25) is 0 Å². The van der Waals surface area contributed by atoms with Crippen molar-refractivity contribution in [3.8, 4) is 0 Å². The molecule has 0 fully saturated rings. The number of hydrogen-bond donors (Lipinski definition) is 0. The van der Waals surface area contributed by atoms with E-state index in [4.69, 9.17) is 0 Å². The van der Waals surface area contributed by atoms with Crippen LogP contribution in [0.2, 0.25) is 0 Å². The quantitative estimate of drug-likeness (QED) is 0.488. The van der Waals surface area contributed by atoms with Gasteiger partial charge in [-0.25, -0.2) is 0 Å². The van der Waals surface area contributed by atoms with Gasteiger partial charge in [0.1, 0.15) is 0 Å². The molecule has 0 bridgehead atoms. The predicted octanol–water partition coefficient (Wildman–Crippen LogP) is 4.17. The summed E-state index contributed by atoms with van der Waals surface area (Å²) in [5.74, 6) is 1.89. The van der Waals surface area contributed by atoms with E-state index in [0.29, 0.717) is 5.41 Å². The number of rotatable bonds is 0. The van der Waals surface area contributed by atoms with Crippen molar-refractivity contribution < 1.29 is 0 Å². The summed E-state index contributed by atoms with van der Waals surface area (Å²) in [5, 5.41) is 0. The van der Waals surface area contributed by atoms with Gasteiger partial charge in [-0.05, 0) is 42.9 Å². The van der Waals surface area contributed by atoms with Gasteiger partial charge in [0.05, 0.1) is 0 Å². The van der Waals surface area contributed by atoms with Crippen molar-refractivity contribution in [1.82, 2.24) is 0 Å². The zero-order valence-electron chi connectivity index (χ0n) is 9.48. The molecule has 74 valence electrons. The van der Waals surface area contributed by atoms with Gasteiger partial charge in [-0.1, -0.05) is 38.8 Å². The highest BCUT2D eigenvalue weighted by molar-refractivity contribution is 5.27. The summed E-state index contributed by atoms with van der Waals surface area (Å²) in [6, 6.07) is 0. The van der Waals surface area contributed by atoms with Crippen molar-refractivity contribution in [2.75, 3.05) is 0 Å². The predicted molar refractivity (Wildman–Crippen MR) is 57.6 cm³/mol. The van der Waals surface area contributed by atoms with Crippen molar-refractivity contribution >= 4 is 0 Å². The van der Waals surface area contributed by atoms with Crippen molar-refractivity contribution in [2.24, 2.45) is 17.3 Å². The van der Waals surface area contributed by atoms with E-state index in [2.05, 4.69) is 27.7 Å². The topological polar surface area (TPSA) is 0 Å². The molecular formula is C13H22. The molecule has 0 N–H and O–H groups in total. The molecule has 0 radical (unpaired) electrons. The maximum atomic E-state index is 2.39. The van der Waals surface area contributed by atoms with Crippen LogP contribution in [-0.4, -0.2) is 0 Å². The fourth-order valence-corrected chi connectivity index (χ4v) is 2.94. The molecule has 0 aliphatic heterocycles. The first-order valence-corrected chi connectivity index (χ1v) is 5.66. The molecule has 0 spiro atoms. The maximum Gasteiger partial charge on any atom is -0.0281 e. The smallest absolute Gasteiger partial charge is 0.0281 e. The van der Waals surface area contributed by atoms with E-state index >= 15 is 0 Å². The summed E-state index contributed by atoms with van der Waals surface area (Å²) >= 11 is 0. The minimum atomic E-state index is 0.521. The Labute approximate surface area is 82.4 Å². The van der Waals surface area contributed by atoms with Crippen LogP contribution in [0, 0.1) is 17.3 Å². The van der Waals surface area contributed by atoms with Crippen molar-refractivity contribution in [2.45, 2.75) is 53.4 Å². The lowest BCUT2D eigenvalue weighted by Crippen LogP contribution is -2.18. The zero-order valence-corrected chi connectivity index (χ0v) is 9.48. The molecule has 0 saturated carbocycles. The van der Waals surface area contributed by atoms with E-state index in [1.54, 1.807) is 0 Å². The molecule has 2 rings (SSSR count). The molecule has 13 heavy (non-hydrogen) atoms. The molecular weight excluding hydrogens is 156 g/mol. The molecule has 0 nitrogen and oxygen atoms in total. The van der Waals surface area contributed by atoms with Gasteiger partial charge >= 0.3 is 0 Å². The lowest BCUT2D eigenvalue weighted by Gasteiger charge is -2.28. The molecule has 0 heteroatoms. The SMILES string of the molecule is CC1CC2=C(C1)CC(C(C)(C)C)C2. The normalized spacial score (nSPS) is 25.8. The molecule has 0 saturated heterocycles. The summed E-state index contributed by atoms with van der Waals surface area (Å²) in [4.78, 5) is 0. The average molecular weight is 178 g/mol. The van der Waals surface area contributed by atoms with E-state index < -0.39 is 0 Å². The van der Waals surface area contributed by atoms with E-state index in [9.17, 15) is 0 Å². The summed E-state index contributed by atoms with van der Waals surface area (Å²) in [6.07, 6.45) is 5.62. The average Bonchev–Trinajstić information content (AvgIpc) is 2.40. The van der Waals surface area contributed by atoms with Crippen LogP contribution in [-0.2, 0) is 0 Å². The van der Waals surface area contributed by atoms with Gasteiger partial charge in [0.15, 0.2) is 0 Å². The minimum Gasteiger partial charge on any atom is -0.0704 e. The Balaban J connectivity index is 2.02. The molecule has 0 amide bonds. The first-order chi connectivity index (χ1) is 5.97. The Bertz CT molecular complexity index is 221. The van der Waals surface area contributed by atoms with Gasteiger partial charge in [-0.2, -0.15) is 0 Å². The van der Waals surface area contributed by atoms with Gasteiger partial charge in [-0.15, -0.1) is 0 Å². The summed E-state index contributed by atoms with van der Waals surface area (Å²) in [7, 11) is 0. The van der Waals surface area contributed by atoms with E-state index in [-0.39, 0.29) is 0 Å². The first-order valence-electron chi connectivity index (χ1n) is 5.66. The van der Waals surface area contributed by atoms with Crippen molar-refractivity contribution in [1.29, 1.82) is 0 Å². The molecule has 0 atom stereocenters. The number of hydrogen-bond acceptors (Lipinski definition) is 0. The van der Waals surface area contributed by atoms with Gasteiger partial charge in [0, 0.05) is 0 Å². The van der Waals surface area contributed by atoms with Crippen LogP contribution in [0.25, 0.3) is 0 Å². The third-order valence-corrected chi connectivity index (χ3v) is 3.90. The highest BCUT2D eigenvalue weighted by atomic mass is 14.4. The highest BCUT2D eigenvalue weighted by Crippen LogP contribution is 2.49. The second kappa shape index (κ2) is 2.87. The summed E-state index contributed by atoms with van der Waals surface area (Å²) in [5.41, 5.74) is 4.17. The molecule has 0 unspecified atom stereocenters. The van der Waals surface area contributed by atoms with E-state index in [0.717, 1.165) is 11.8 Å². The van der Waals surface area contributed by atoms with Crippen LogP contribution in [0.4, 0.5) is 0 Å². The molecule has 0 aromatic rings. The fourth-order valence-electron chi connectivity index (χ4n) is 2.94. The Kier molecular flexibility index (Phi) is 2.05. The standard InChI is InChI=1S/C13H22/c1-9-5-10-7-12(13(2,3)4)8-11(10)6-9/h9,12H,5-8H2,1-4H3. The van der Waals surface area contributed by atoms with Gasteiger partial charge < -0.3 is 0 Å². The summed E-state index contributed by atoms with van der Waals surface area (Å²) < 4.78 is 0. The third-order valence-electron chi connectivity index (χ3n) is 3.90. The molecule has 2 aliphatic rings. The lowest BCUT2D eigenvalue weighted by molar-refractivity contribution is 0.244. The number of allylic oxidation sites excluding steroid dienone is 2. The molecule has 0 aromatic heterocycles. The van der Waals surface area contributed by atoms with Crippen molar-refractivity contribution in [3.05, 3.63) is 11.1 Å². The largest absolute Gasteiger partial charge is 0.0704 e. The first kappa shape index (κ1) is 9.30. The lowest BCUT2D eigenvalue weighted by atomic mass is 9.77. The monoisotopic (exact) mass is 178 g/mol. The van der Waals surface area contributed by atoms with Crippen LogP contribution in [0.1, 0.15) is 53.4 Å². The van der Waals surface area contributed by atoms with Gasteiger partial charge in [-0.3, -0.25) is 0 Å². The maximum absolute atomic E-state index is 2.39. The zero-order chi connectivity index (χ0) is 9.64. The Hall–Kier alpha value is -0.260. The molecule has 2 aliphatic carbocycles. The minimum absolute atomic E-state index is 0.521. The third kappa shape index (κ3) is 1.68. The van der Waals surface area contributed by atoms with Crippen LogP contribution in [0.5, 0.6) is 0 Å². The Morgan fingerprint density at radius 1 is 0.923 bits per heavy atom. The van der Waals surface area contributed by atoms with Crippen LogP contribution < -0.4 is 0 Å². The second-order valence-corrected chi connectivity index (χ2v) is 6.19. The van der Waals surface area contributed by atoms with Crippen LogP contribution in [0.15, 0.2) is 11.1 Å². The Morgan fingerprint density at radius 3 is 1.77 bits per heavy atom. The van der Waals surface area contributed by atoms with Gasteiger partial charge in [0.25, 0.3) is 0 Å². The Morgan fingerprint density at radius 2 is 1.38 bits per heavy atom.